The number of rotatable bonds is 0. The maximum Gasteiger partial charge on any atom is 0.141 e. The Morgan fingerprint density at radius 2 is 2.20 bits per heavy atom. The van der Waals surface area contributed by atoms with Gasteiger partial charge in [0.15, 0.2) is 0 Å². The molecule has 1 saturated heterocycles. The molecule has 0 amide bonds. The summed E-state index contributed by atoms with van der Waals surface area (Å²) < 4.78 is 18.8. The Hall–Kier alpha value is -1.51. The fourth-order valence-corrected chi connectivity index (χ4v) is 2.09. The molecule has 3 rings (SSSR count). The molecule has 0 aromatic carbocycles. The summed E-state index contributed by atoms with van der Waals surface area (Å²) in [6, 6.07) is -0.0727. The summed E-state index contributed by atoms with van der Waals surface area (Å²) in [6.45, 7) is 0. The van der Waals surface area contributed by atoms with Gasteiger partial charge in [0.05, 0.1) is 11.7 Å². The van der Waals surface area contributed by atoms with Crippen LogP contribution in [0.4, 0.5) is 4.39 Å². The van der Waals surface area contributed by atoms with E-state index in [2.05, 4.69) is 17.5 Å². The SMILES string of the molecule is FC1=CC2NC3=CCCC=C3OC2C=C1. The molecule has 78 valence electrons. The molecule has 1 N–H and O–H groups in total. The largest absolute Gasteiger partial charge is 0.482 e. The summed E-state index contributed by atoms with van der Waals surface area (Å²) in [6.07, 6.45) is 10.9. The lowest BCUT2D eigenvalue weighted by atomic mass is 10.00. The average Bonchev–Trinajstić information content (AvgIpc) is 2.26. The average molecular weight is 205 g/mol. The second-order valence-electron chi connectivity index (χ2n) is 3.93. The van der Waals surface area contributed by atoms with Crippen molar-refractivity contribution in [2.24, 2.45) is 0 Å². The van der Waals surface area contributed by atoms with Crippen LogP contribution >= 0.6 is 0 Å². The molecule has 1 aliphatic heterocycles. The molecule has 2 unspecified atom stereocenters. The lowest BCUT2D eigenvalue weighted by Crippen LogP contribution is -2.45. The van der Waals surface area contributed by atoms with Crippen LogP contribution in [0.3, 0.4) is 0 Å². The minimum Gasteiger partial charge on any atom is -0.482 e. The summed E-state index contributed by atoms with van der Waals surface area (Å²) in [5.74, 6) is 0.707. The van der Waals surface area contributed by atoms with Crippen molar-refractivity contribution in [3.8, 4) is 0 Å². The number of hydrogen-bond donors (Lipinski definition) is 1. The topological polar surface area (TPSA) is 21.3 Å². The highest BCUT2D eigenvalue weighted by Gasteiger charge is 2.30. The predicted octanol–water partition coefficient (Wildman–Crippen LogP) is 2.33. The Morgan fingerprint density at radius 1 is 1.33 bits per heavy atom. The fourth-order valence-electron chi connectivity index (χ4n) is 2.09. The number of halogens is 1. The van der Waals surface area contributed by atoms with Gasteiger partial charge in [0.1, 0.15) is 17.7 Å². The molecule has 2 atom stereocenters. The van der Waals surface area contributed by atoms with E-state index in [0.717, 1.165) is 24.3 Å². The smallest absolute Gasteiger partial charge is 0.141 e. The van der Waals surface area contributed by atoms with E-state index in [1.54, 1.807) is 12.2 Å². The fraction of sp³-hybridized carbons (Fsp3) is 0.333. The standard InChI is InChI=1S/C12H12FNO/c13-8-5-6-12-10(7-8)14-9-3-1-2-4-11(9)15-12/h3-7,10,12,14H,1-2H2. The summed E-state index contributed by atoms with van der Waals surface area (Å²) in [4.78, 5) is 0. The summed E-state index contributed by atoms with van der Waals surface area (Å²) >= 11 is 0. The Morgan fingerprint density at radius 3 is 3.13 bits per heavy atom. The molecular weight excluding hydrogens is 193 g/mol. The van der Waals surface area contributed by atoms with Crippen LogP contribution in [0.2, 0.25) is 0 Å². The van der Waals surface area contributed by atoms with E-state index < -0.39 is 0 Å². The normalized spacial score (nSPS) is 32.5. The minimum atomic E-state index is -0.198. The van der Waals surface area contributed by atoms with E-state index in [9.17, 15) is 4.39 Å². The van der Waals surface area contributed by atoms with Gasteiger partial charge in [-0.1, -0.05) is 6.08 Å². The molecule has 1 heterocycles. The maximum atomic E-state index is 13.0. The van der Waals surface area contributed by atoms with Crippen LogP contribution in [0.5, 0.6) is 0 Å². The molecule has 0 aromatic rings. The van der Waals surface area contributed by atoms with Gasteiger partial charge in [-0.05, 0) is 37.1 Å². The maximum absolute atomic E-state index is 13.0. The van der Waals surface area contributed by atoms with E-state index >= 15 is 0 Å². The molecule has 3 heteroatoms. The first-order valence-electron chi connectivity index (χ1n) is 5.22. The van der Waals surface area contributed by atoms with Crippen LogP contribution in [-0.2, 0) is 4.74 Å². The Kier molecular flexibility index (Phi) is 1.91. The second kappa shape index (κ2) is 3.26. The summed E-state index contributed by atoms with van der Waals surface area (Å²) in [7, 11) is 0. The van der Waals surface area contributed by atoms with Gasteiger partial charge >= 0.3 is 0 Å². The van der Waals surface area contributed by atoms with Crippen molar-refractivity contribution in [3.63, 3.8) is 0 Å². The molecule has 0 spiro atoms. The molecule has 2 nitrogen and oxygen atoms in total. The van der Waals surface area contributed by atoms with Crippen molar-refractivity contribution >= 4 is 0 Å². The monoisotopic (exact) mass is 205 g/mol. The number of ether oxygens (including phenoxy) is 1. The summed E-state index contributed by atoms with van der Waals surface area (Å²) in [5.41, 5.74) is 1.00. The van der Waals surface area contributed by atoms with Crippen LogP contribution in [-0.4, -0.2) is 12.1 Å². The Labute approximate surface area is 87.8 Å². The van der Waals surface area contributed by atoms with Crippen molar-refractivity contribution in [2.75, 3.05) is 0 Å². The molecule has 3 aliphatic rings. The molecule has 0 aromatic heterocycles. The van der Waals surface area contributed by atoms with E-state index in [4.69, 9.17) is 4.74 Å². The molecule has 0 saturated carbocycles. The molecular formula is C12H12FNO. The Bertz CT molecular complexity index is 406. The number of morpholine rings is 1. The number of allylic oxidation sites excluding steroid dienone is 4. The van der Waals surface area contributed by atoms with Crippen LogP contribution in [0, 0.1) is 0 Å². The Balaban J connectivity index is 1.89. The first kappa shape index (κ1) is 8.77. The van der Waals surface area contributed by atoms with Gasteiger partial charge in [0, 0.05) is 0 Å². The highest BCUT2D eigenvalue weighted by atomic mass is 19.1. The van der Waals surface area contributed by atoms with Crippen molar-refractivity contribution < 1.29 is 9.13 Å². The van der Waals surface area contributed by atoms with Gasteiger partial charge < -0.3 is 10.1 Å². The van der Waals surface area contributed by atoms with Crippen LogP contribution in [0.1, 0.15) is 12.8 Å². The predicted molar refractivity (Wildman–Crippen MR) is 55.5 cm³/mol. The molecule has 0 radical (unpaired) electrons. The van der Waals surface area contributed by atoms with Gasteiger partial charge in [-0.25, -0.2) is 4.39 Å². The van der Waals surface area contributed by atoms with Crippen LogP contribution < -0.4 is 5.32 Å². The zero-order valence-electron chi connectivity index (χ0n) is 8.24. The van der Waals surface area contributed by atoms with Crippen molar-refractivity contribution in [3.05, 3.63) is 47.7 Å². The first-order valence-corrected chi connectivity index (χ1v) is 5.22. The van der Waals surface area contributed by atoms with Crippen molar-refractivity contribution in [1.82, 2.24) is 5.32 Å². The van der Waals surface area contributed by atoms with Gasteiger partial charge in [-0.15, -0.1) is 0 Å². The third-order valence-electron chi connectivity index (χ3n) is 2.83. The minimum absolute atomic E-state index is 0.0727. The highest BCUT2D eigenvalue weighted by molar-refractivity contribution is 5.36. The van der Waals surface area contributed by atoms with Gasteiger partial charge in [-0.2, -0.15) is 0 Å². The van der Waals surface area contributed by atoms with E-state index in [1.165, 1.54) is 6.08 Å². The highest BCUT2D eigenvalue weighted by Crippen LogP contribution is 2.29. The van der Waals surface area contributed by atoms with Gasteiger partial charge in [0.25, 0.3) is 0 Å². The molecule has 1 fully saturated rings. The van der Waals surface area contributed by atoms with E-state index in [-0.39, 0.29) is 18.0 Å². The van der Waals surface area contributed by atoms with Crippen LogP contribution in [0.15, 0.2) is 47.7 Å². The second-order valence-corrected chi connectivity index (χ2v) is 3.93. The number of fused-ring (bicyclic) bond motifs is 2. The lowest BCUT2D eigenvalue weighted by molar-refractivity contribution is 0.110. The quantitative estimate of drug-likeness (QED) is 0.655. The number of hydrogen-bond acceptors (Lipinski definition) is 2. The zero-order valence-corrected chi connectivity index (χ0v) is 8.24. The number of nitrogens with one attached hydrogen (secondary N) is 1. The third kappa shape index (κ3) is 1.48. The molecule has 0 bridgehead atoms. The van der Waals surface area contributed by atoms with Gasteiger partial charge in [-0.3, -0.25) is 0 Å². The zero-order chi connectivity index (χ0) is 10.3. The van der Waals surface area contributed by atoms with Gasteiger partial charge in [0.2, 0.25) is 0 Å². The van der Waals surface area contributed by atoms with E-state index in [0.29, 0.717) is 0 Å². The molecule has 15 heavy (non-hydrogen) atoms. The van der Waals surface area contributed by atoms with Crippen molar-refractivity contribution in [2.45, 2.75) is 25.0 Å². The first-order chi connectivity index (χ1) is 7.33. The van der Waals surface area contributed by atoms with Crippen LogP contribution in [0.25, 0.3) is 0 Å². The molecule has 2 aliphatic carbocycles. The summed E-state index contributed by atoms with van der Waals surface area (Å²) in [5, 5.41) is 3.29. The lowest BCUT2D eigenvalue weighted by Gasteiger charge is -2.36. The van der Waals surface area contributed by atoms with Crippen molar-refractivity contribution in [1.29, 1.82) is 0 Å². The third-order valence-corrected chi connectivity index (χ3v) is 2.83. The van der Waals surface area contributed by atoms with E-state index in [1.807, 2.05) is 0 Å².